The van der Waals surface area contributed by atoms with Crippen LogP contribution in [0.3, 0.4) is 0 Å². The molecule has 2 aromatic carbocycles. The molecule has 0 amide bonds. The van der Waals surface area contributed by atoms with Gasteiger partial charge in [-0.25, -0.2) is 0 Å². The molecule has 0 aliphatic heterocycles. The monoisotopic (exact) mass is 238 g/mol. The summed E-state index contributed by atoms with van der Waals surface area (Å²) in [7, 11) is 0. The van der Waals surface area contributed by atoms with E-state index in [9.17, 15) is 0 Å². The van der Waals surface area contributed by atoms with Crippen molar-refractivity contribution in [3.63, 3.8) is 0 Å². The number of aryl methyl sites for hydroxylation is 2. The van der Waals surface area contributed by atoms with Gasteiger partial charge in [0.1, 0.15) is 11.0 Å². The van der Waals surface area contributed by atoms with Crippen molar-refractivity contribution in [1.82, 2.24) is 15.0 Å². The van der Waals surface area contributed by atoms with Crippen molar-refractivity contribution in [2.75, 3.05) is 5.73 Å². The second-order valence-corrected chi connectivity index (χ2v) is 4.47. The maximum atomic E-state index is 5.88. The van der Waals surface area contributed by atoms with Crippen molar-refractivity contribution in [2.24, 2.45) is 0 Å². The number of hydrogen-bond donors (Lipinski definition) is 1. The quantitative estimate of drug-likeness (QED) is 0.663. The Morgan fingerprint density at radius 2 is 1.67 bits per heavy atom. The first-order valence-corrected chi connectivity index (χ1v) is 5.84. The van der Waals surface area contributed by atoms with Crippen molar-refractivity contribution in [3.8, 4) is 5.69 Å². The van der Waals surface area contributed by atoms with Crippen LogP contribution in [0.4, 0.5) is 5.69 Å². The van der Waals surface area contributed by atoms with Crippen LogP contribution in [-0.4, -0.2) is 15.0 Å². The van der Waals surface area contributed by atoms with Gasteiger partial charge in [-0.05, 0) is 38.1 Å². The molecule has 4 heteroatoms. The number of hydrogen-bond acceptors (Lipinski definition) is 3. The molecule has 3 rings (SSSR count). The van der Waals surface area contributed by atoms with Gasteiger partial charge in [0.15, 0.2) is 0 Å². The van der Waals surface area contributed by atoms with Gasteiger partial charge in [0.25, 0.3) is 0 Å². The second-order valence-electron chi connectivity index (χ2n) is 4.47. The van der Waals surface area contributed by atoms with Gasteiger partial charge in [-0.15, -0.1) is 10.2 Å². The molecule has 0 spiro atoms. The maximum absolute atomic E-state index is 5.88. The Labute approximate surface area is 105 Å². The minimum absolute atomic E-state index is 0.749. The summed E-state index contributed by atoms with van der Waals surface area (Å²) in [6.45, 7) is 4.02. The van der Waals surface area contributed by atoms with E-state index in [1.54, 1.807) is 4.80 Å². The molecule has 3 aromatic rings. The average molecular weight is 238 g/mol. The Balaban J connectivity index is 2.19. The fourth-order valence-corrected chi connectivity index (χ4v) is 1.92. The summed E-state index contributed by atoms with van der Waals surface area (Å²) in [4.78, 5) is 1.65. The molecule has 4 nitrogen and oxygen atoms in total. The highest BCUT2D eigenvalue weighted by molar-refractivity contribution is 5.82. The van der Waals surface area contributed by atoms with Crippen LogP contribution in [-0.2, 0) is 0 Å². The molecule has 90 valence electrons. The van der Waals surface area contributed by atoms with Crippen molar-refractivity contribution < 1.29 is 0 Å². The van der Waals surface area contributed by atoms with Crippen LogP contribution in [0.25, 0.3) is 16.7 Å². The smallest absolute Gasteiger partial charge is 0.118 e. The van der Waals surface area contributed by atoms with Crippen molar-refractivity contribution in [3.05, 3.63) is 47.5 Å². The maximum Gasteiger partial charge on any atom is 0.118 e. The van der Waals surface area contributed by atoms with E-state index in [-0.39, 0.29) is 0 Å². The largest absolute Gasteiger partial charge is 0.398 e. The van der Waals surface area contributed by atoms with Gasteiger partial charge < -0.3 is 5.73 Å². The van der Waals surface area contributed by atoms with Gasteiger partial charge in [-0.3, -0.25) is 0 Å². The van der Waals surface area contributed by atoms with Gasteiger partial charge in [-0.1, -0.05) is 17.7 Å². The first kappa shape index (κ1) is 10.8. The van der Waals surface area contributed by atoms with Crippen LogP contribution in [0.5, 0.6) is 0 Å². The molecule has 0 aliphatic carbocycles. The van der Waals surface area contributed by atoms with E-state index in [0.29, 0.717) is 0 Å². The second kappa shape index (κ2) is 3.84. The molecule has 0 atom stereocenters. The molecule has 0 fully saturated rings. The lowest BCUT2D eigenvalue weighted by Crippen LogP contribution is -1.98. The molecule has 0 saturated heterocycles. The van der Waals surface area contributed by atoms with E-state index in [4.69, 9.17) is 5.73 Å². The third-order valence-electron chi connectivity index (χ3n) is 3.11. The Kier molecular flexibility index (Phi) is 2.30. The van der Waals surface area contributed by atoms with Gasteiger partial charge in [-0.2, -0.15) is 4.80 Å². The third kappa shape index (κ3) is 1.62. The molecule has 1 heterocycles. The molecule has 0 unspecified atom stereocenters. The first-order chi connectivity index (χ1) is 8.65. The number of nitrogen functional groups attached to an aromatic ring is 1. The normalized spacial score (nSPS) is 11.0. The van der Waals surface area contributed by atoms with E-state index >= 15 is 0 Å². The fraction of sp³-hybridized carbons (Fsp3) is 0.143. The van der Waals surface area contributed by atoms with Crippen LogP contribution in [0.15, 0.2) is 36.4 Å². The van der Waals surface area contributed by atoms with Crippen LogP contribution >= 0.6 is 0 Å². The highest BCUT2D eigenvalue weighted by Crippen LogP contribution is 2.21. The van der Waals surface area contributed by atoms with Crippen molar-refractivity contribution >= 4 is 16.7 Å². The summed E-state index contributed by atoms with van der Waals surface area (Å²) >= 11 is 0. The minimum Gasteiger partial charge on any atom is -0.398 e. The molecule has 18 heavy (non-hydrogen) atoms. The summed E-state index contributed by atoms with van der Waals surface area (Å²) < 4.78 is 0. The van der Waals surface area contributed by atoms with Gasteiger partial charge in [0, 0.05) is 11.3 Å². The zero-order valence-electron chi connectivity index (χ0n) is 10.4. The SMILES string of the molecule is Cc1ccc(-n2nc3ccc(N)c(C)c3n2)cc1. The number of aromatic nitrogens is 3. The molecule has 0 saturated carbocycles. The highest BCUT2D eigenvalue weighted by atomic mass is 15.5. The Morgan fingerprint density at radius 3 is 2.39 bits per heavy atom. The van der Waals surface area contributed by atoms with Crippen LogP contribution in [0.2, 0.25) is 0 Å². The van der Waals surface area contributed by atoms with E-state index in [1.807, 2.05) is 43.3 Å². The Hall–Kier alpha value is -2.36. The molecule has 0 bridgehead atoms. The molecule has 1 aromatic heterocycles. The standard InChI is InChI=1S/C14H14N4/c1-9-3-5-11(6-4-9)18-16-13-8-7-12(15)10(2)14(13)17-18/h3-8H,15H2,1-2H3. The van der Waals surface area contributed by atoms with Gasteiger partial charge in [0.2, 0.25) is 0 Å². The number of rotatable bonds is 1. The molecular formula is C14H14N4. The predicted octanol–water partition coefficient (Wildman–Crippen LogP) is 2.62. The van der Waals surface area contributed by atoms with E-state index in [0.717, 1.165) is 28.0 Å². The molecule has 0 radical (unpaired) electrons. The lowest BCUT2D eigenvalue weighted by Gasteiger charge is -1.99. The van der Waals surface area contributed by atoms with Gasteiger partial charge >= 0.3 is 0 Å². The first-order valence-electron chi connectivity index (χ1n) is 5.84. The van der Waals surface area contributed by atoms with E-state index < -0.39 is 0 Å². The van der Waals surface area contributed by atoms with Crippen LogP contribution < -0.4 is 5.73 Å². The number of nitrogens with zero attached hydrogens (tertiary/aromatic N) is 3. The number of anilines is 1. The zero-order valence-corrected chi connectivity index (χ0v) is 10.4. The number of fused-ring (bicyclic) bond motifs is 1. The van der Waals surface area contributed by atoms with Crippen molar-refractivity contribution in [2.45, 2.75) is 13.8 Å². The van der Waals surface area contributed by atoms with Crippen molar-refractivity contribution in [1.29, 1.82) is 0 Å². The van der Waals surface area contributed by atoms with Crippen LogP contribution in [0.1, 0.15) is 11.1 Å². The summed E-state index contributed by atoms with van der Waals surface area (Å²) in [6.07, 6.45) is 0. The average Bonchev–Trinajstić information content (AvgIpc) is 2.80. The molecule has 0 aliphatic rings. The number of benzene rings is 2. The summed E-state index contributed by atoms with van der Waals surface area (Å²) in [5.41, 5.74) is 11.5. The van der Waals surface area contributed by atoms with E-state index in [2.05, 4.69) is 17.1 Å². The zero-order chi connectivity index (χ0) is 12.7. The lowest BCUT2D eigenvalue weighted by atomic mass is 10.2. The summed E-state index contributed by atoms with van der Waals surface area (Å²) in [5, 5.41) is 8.96. The molecule has 2 N–H and O–H groups in total. The van der Waals surface area contributed by atoms with Crippen LogP contribution in [0, 0.1) is 13.8 Å². The minimum atomic E-state index is 0.749. The predicted molar refractivity (Wildman–Crippen MR) is 72.8 cm³/mol. The van der Waals surface area contributed by atoms with Gasteiger partial charge in [0.05, 0.1) is 5.69 Å². The topological polar surface area (TPSA) is 56.7 Å². The highest BCUT2D eigenvalue weighted by Gasteiger charge is 2.08. The van der Waals surface area contributed by atoms with E-state index in [1.165, 1.54) is 5.56 Å². The Morgan fingerprint density at radius 1 is 0.944 bits per heavy atom. The fourth-order valence-electron chi connectivity index (χ4n) is 1.92. The summed E-state index contributed by atoms with van der Waals surface area (Å²) in [5.74, 6) is 0. The summed E-state index contributed by atoms with van der Waals surface area (Å²) in [6, 6.07) is 11.9. The Bertz CT molecular complexity index is 710. The lowest BCUT2D eigenvalue weighted by molar-refractivity contribution is 0.765. The number of nitrogens with two attached hydrogens (primary N) is 1. The molecular weight excluding hydrogens is 224 g/mol. The third-order valence-corrected chi connectivity index (χ3v) is 3.11.